The lowest BCUT2D eigenvalue weighted by atomic mass is 9.93. The molecular weight excluding hydrogens is 408 g/mol. The molecule has 32 heavy (non-hydrogen) atoms. The second-order valence-corrected chi connectivity index (χ2v) is 8.35. The van der Waals surface area contributed by atoms with Crippen LogP contribution in [0.1, 0.15) is 31.7 Å². The highest BCUT2D eigenvalue weighted by Crippen LogP contribution is 2.29. The van der Waals surface area contributed by atoms with Crippen LogP contribution in [-0.4, -0.2) is 47.3 Å². The van der Waals surface area contributed by atoms with E-state index in [1.807, 2.05) is 30.3 Å². The summed E-state index contributed by atoms with van der Waals surface area (Å²) in [5.41, 5.74) is 1.10. The van der Waals surface area contributed by atoms with Gasteiger partial charge >= 0.3 is 6.03 Å². The molecule has 0 saturated carbocycles. The van der Waals surface area contributed by atoms with Crippen LogP contribution in [0.15, 0.2) is 54.6 Å². The van der Waals surface area contributed by atoms with Crippen molar-refractivity contribution in [2.75, 3.05) is 23.3 Å². The van der Waals surface area contributed by atoms with Gasteiger partial charge < -0.3 is 15.5 Å². The summed E-state index contributed by atoms with van der Waals surface area (Å²) in [7, 11) is 0. The van der Waals surface area contributed by atoms with Crippen LogP contribution < -0.4 is 15.5 Å². The van der Waals surface area contributed by atoms with E-state index in [4.69, 9.17) is 0 Å². The predicted molar refractivity (Wildman–Crippen MR) is 120 cm³/mol. The van der Waals surface area contributed by atoms with Crippen LogP contribution in [-0.2, 0) is 20.8 Å². The second kappa shape index (κ2) is 8.82. The number of hydrogen-bond donors (Lipinski definition) is 2. The average Bonchev–Trinajstić information content (AvgIpc) is 3.30. The highest BCUT2D eigenvalue weighted by Gasteiger charge is 2.47. The van der Waals surface area contributed by atoms with Gasteiger partial charge in [0, 0.05) is 13.0 Å². The molecule has 0 aliphatic carbocycles. The normalized spacial score (nSPS) is 20.6. The van der Waals surface area contributed by atoms with Crippen LogP contribution in [0.25, 0.3) is 0 Å². The molecule has 0 bridgehead atoms. The summed E-state index contributed by atoms with van der Waals surface area (Å²) in [5, 5.41) is 5.49. The average molecular weight is 434 g/mol. The number of urea groups is 1. The number of amides is 5. The smallest absolute Gasteiger partial charge is 0.323 e. The molecule has 0 aromatic heterocycles. The maximum absolute atomic E-state index is 13.0. The number of imide groups is 1. The molecule has 5 amide bonds. The van der Waals surface area contributed by atoms with E-state index in [1.54, 1.807) is 36.1 Å². The lowest BCUT2D eigenvalue weighted by Crippen LogP contribution is -2.45. The maximum atomic E-state index is 13.0. The van der Waals surface area contributed by atoms with E-state index in [9.17, 15) is 19.2 Å². The molecule has 2 aliphatic heterocycles. The Bertz CT molecular complexity index is 1050. The summed E-state index contributed by atoms with van der Waals surface area (Å²) in [6.45, 7) is 1.88. The number of carbonyl (C=O) groups is 4. The van der Waals surface area contributed by atoms with Gasteiger partial charge in [-0.2, -0.15) is 0 Å². The molecule has 2 aromatic rings. The van der Waals surface area contributed by atoms with Crippen LogP contribution in [0.5, 0.6) is 0 Å². The zero-order valence-corrected chi connectivity index (χ0v) is 18.0. The van der Waals surface area contributed by atoms with Crippen molar-refractivity contribution >= 4 is 35.1 Å². The van der Waals surface area contributed by atoms with Gasteiger partial charge in [-0.25, -0.2) is 4.79 Å². The number of benzene rings is 2. The molecule has 2 saturated heterocycles. The standard InChI is InChI=1S/C24H26N4O4/c1-24(14-13-17-8-3-2-4-9-17)22(31)28(23(32)26-24)16-20(29)25-18-10-5-6-11-19(18)27-15-7-12-21(27)30/h2-6,8-11H,7,12-16H2,1H3,(H,25,29)(H,26,32)/t24-/m1/s1. The fourth-order valence-corrected chi connectivity index (χ4v) is 4.15. The van der Waals surface area contributed by atoms with Crippen molar-refractivity contribution in [3.8, 4) is 0 Å². The van der Waals surface area contributed by atoms with E-state index >= 15 is 0 Å². The molecular formula is C24H26N4O4. The Morgan fingerprint density at radius 1 is 1.06 bits per heavy atom. The van der Waals surface area contributed by atoms with Gasteiger partial charge in [-0.1, -0.05) is 42.5 Å². The Kier molecular flexibility index (Phi) is 5.94. The first-order valence-corrected chi connectivity index (χ1v) is 10.7. The van der Waals surface area contributed by atoms with Crippen LogP contribution in [0.3, 0.4) is 0 Å². The van der Waals surface area contributed by atoms with Gasteiger partial charge in [-0.3, -0.25) is 19.3 Å². The molecule has 2 fully saturated rings. The first kappa shape index (κ1) is 21.5. The van der Waals surface area contributed by atoms with Gasteiger partial charge in [0.2, 0.25) is 11.8 Å². The molecule has 2 heterocycles. The number of nitrogens with one attached hydrogen (secondary N) is 2. The fraction of sp³-hybridized carbons (Fsp3) is 0.333. The van der Waals surface area contributed by atoms with Crippen molar-refractivity contribution in [3.63, 3.8) is 0 Å². The van der Waals surface area contributed by atoms with E-state index < -0.39 is 29.9 Å². The highest BCUT2D eigenvalue weighted by molar-refractivity contribution is 6.10. The van der Waals surface area contributed by atoms with Crippen LogP contribution >= 0.6 is 0 Å². The predicted octanol–water partition coefficient (Wildman–Crippen LogP) is 2.70. The molecule has 8 heteroatoms. The van der Waals surface area contributed by atoms with Crippen molar-refractivity contribution in [3.05, 3.63) is 60.2 Å². The molecule has 8 nitrogen and oxygen atoms in total. The third-order valence-electron chi connectivity index (χ3n) is 5.95. The van der Waals surface area contributed by atoms with Crippen molar-refractivity contribution in [2.24, 2.45) is 0 Å². The zero-order chi connectivity index (χ0) is 22.7. The summed E-state index contributed by atoms with van der Waals surface area (Å²) < 4.78 is 0. The molecule has 0 spiro atoms. The van der Waals surface area contributed by atoms with Crippen molar-refractivity contribution in [1.29, 1.82) is 0 Å². The molecule has 0 radical (unpaired) electrons. The molecule has 4 rings (SSSR count). The Balaban J connectivity index is 1.41. The minimum absolute atomic E-state index is 0.00924. The molecule has 1 atom stereocenters. The minimum atomic E-state index is -1.06. The van der Waals surface area contributed by atoms with Gasteiger partial charge in [0.15, 0.2) is 0 Å². The Hall–Kier alpha value is -3.68. The van der Waals surface area contributed by atoms with Crippen molar-refractivity contribution in [2.45, 2.75) is 38.1 Å². The molecule has 2 N–H and O–H groups in total. The van der Waals surface area contributed by atoms with Crippen molar-refractivity contribution in [1.82, 2.24) is 10.2 Å². The molecule has 0 unspecified atom stereocenters. The number of hydrogen-bond acceptors (Lipinski definition) is 4. The molecule has 166 valence electrons. The Morgan fingerprint density at radius 2 is 1.78 bits per heavy atom. The number of para-hydroxylation sites is 2. The summed E-state index contributed by atoms with van der Waals surface area (Å²) in [6, 6.07) is 16.2. The van der Waals surface area contributed by atoms with E-state index in [0.29, 0.717) is 37.2 Å². The highest BCUT2D eigenvalue weighted by atomic mass is 16.2. The Morgan fingerprint density at radius 3 is 2.50 bits per heavy atom. The van der Waals surface area contributed by atoms with Gasteiger partial charge in [0.25, 0.3) is 5.91 Å². The lowest BCUT2D eigenvalue weighted by Gasteiger charge is -2.22. The van der Waals surface area contributed by atoms with Crippen LogP contribution in [0, 0.1) is 0 Å². The molecule has 2 aromatic carbocycles. The number of anilines is 2. The van der Waals surface area contributed by atoms with E-state index in [2.05, 4.69) is 10.6 Å². The monoisotopic (exact) mass is 434 g/mol. The third-order valence-corrected chi connectivity index (χ3v) is 5.95. The minimum Gasteiger partial charge on any atom is -0.323 e. The maximum Gasteiger partial charge on any atom is 0.325 e. The number of aryl methyl sites for hydroxylation is 1. The SMILES string of the molecule is C[C@]1(CCc2ccccc2)NC(=O)N(CC(=O)Nc2ccccc2N2CCCC2=O)C1=O. The number of rotatable bonds is 7. The lowest BCUT2D eigenvalue weighted by molar-refractivity contribution is -0.133. The first-order chi connectivity index (χ1) is 15.4. The summed E-state index contributed by atoms with van der Waals surface area (Å²) >= 11 is 0. The number of carbonyl (C=O) groups excluding carboxylic acids is 4. The zero-order valence-electron chi connectivity index (χ0n) is 18.0. The second-order valence-electron chi connectivity index (χ2n) is 8.35. The first-order valence-electron chi connectivity index (χ1n) is 10.7. The van der Waals surface area contributed by atoms with Crippen molar-refractivity contribution < 1.29 is 19.2 Å². The Labute approximate surface area is 186 Å². The topological polar surface area (TPSA) is 98.8 Å². The number of nitrogens with zero attached hydrogens (tertiary/aromatic N) is 2. The quantitative estimate of drug-likeness (QED) is 0.655. The summed E-state index contributed by atoms with van der Waals surface area (Å²) in [5.74, 6) is -0.911. The van der Waals surface area contributed by atoms with Crippen LogP contribution in [0.4, 0.5) is 16.2 Å². The largest absolute Gasteiger partial charge is 0.325 e. The fourth-order valence-electron chi connectivity index (χ4n) is 4.15. The third kappa shape index (κ3) is 4.34. The van der Waals surface area contributed by atoms with Gasteiger partial charge in [0.05, 0.1) is 11.4 Å². The van der Waals surface area contributed by atoms with Crippen LogP contribution in [0.2, 0.25) is 0 Å². The van der Waals surface area contributed by atoms with Gasteiger partial charge in [0.1, 0.15) is 12.1 Å². The van der Waals surface area contributed by atoms with Gasteiger partial charge in [-0.05, 0) is 43.9 Å². The molecule has 2 aliphatic rings. The summed E-state index contributed by atoms with van der Waals surface area (Å²) in [6.07, 6.45) is 2.30. The summed E-state index contributed by atoms with van der Waals surface area (Å²) in [4.78, 5) is 52.9. The van der Waals surface area contributed by atoms with E-state index in [0.717, 1.165) is 16.9 Å². The van der Waals surface area contributed by atoms with E-state index in [-0.39, 0.29) is 5.91 Å². The van der Waals surface area contributed by atoms with E-state index in [1.165, 1.54) is 0 Å². The van der Waals surface area contributed by atoms with Gasteiger partial charge in [-0.15, -0.1) is 0 Å².